The van der Waals surface area contributed by atoms with Crippen molar-refractivity contribution < 1.29 is 4.79 Å². The molecular weight excluding hydrogens is 314 g/mol. The van der Waals surface area contributed by atoms with Gasteiger partial charge >= 0.3 is 0 Å². The molecule has 0 saturated heterocycles. The number of H-pyrrole nitrogens is 1. The van der Waals surface area contributed by atoms with Crippen LogP contribution in [-0.2, 0) is 17.8 Å². The zero-order valence-corrected chi connectivity index (χ0v) is 13.9. The summed E-state index contributed by atoms with van der Waals surface area (Å²) in [6, 6.07) is 1.42. The molecule has 0 radical (unpaired) electrons. The Hall–Kier alpha value is -2.09. The third kappa shape index (κ3) is 3.64. The molecule has 122 valence electrons. The Balaban J connectivity index is 1.68. The van der Waals surface area contributed by atoms with Crippen molar-refractivity contribution in [3.05, 3.63) is 34.1 Å². The van der Waals surface area contributed by atoms with Gasteiger partial charge in [-0.2, -0.15) is 0 Å². The van der Waals surface area contributed by atoms with Gasteiger partial charge in [-0.1, -0.05) is 11.8 Å². The molecule has 0 spiro atoms. The number of aromatic amines is 1. The predicted octanol–water partition coefficient (Wildman–Crippen LogP) is 1.73. The summed E-state index contributed by atoms with van der Waals surface area (Å²) in [7, 11) is 0. The molecular formula is C15H19N5O2S. The van der Waals surface area contributed by atoms with Crippen LogP contribution < -0.4 is 10.9 Å². The van der Waals surface area contributed by atoms with E-state index < -0.39 is 0 Å². The molecule has 0 bridgehead atoms. The summed E-state index contributed by atoms with van der Waals surface area (Å²) >= 11 is 1.23. The molecule has 3 rings (SSSR count). The number of aryl methyl sites for hydroxylation is 2. The van der Waals surface area contributed by atoms with E-state index in [1.807, 2.05) is 0 Å². The number of carbonyl (C=O) groups is 1. The lowest BCUT2D eigenvalue weighted by Gasteiger charge is -2.17. The van der Waals surface area contributed by atoms with Crippen LogP contribution in [0.3, 0.4) is 0 Å². The Morgan fingerprint density at radius 3 is 3.09 bits per heavy atom. The van der Waals surface area contributed by atoms with Crippen molar-refractivity contribution in [1.29, 1.82) is 0 Å². The maximum atomic E-state index is 12.4. The monoisotopic (exact) mass is 333 g/mol. The van der Waals surface area contributed by atoms with E-state index in [4.69, 9.17) is 0 Å². The molecule has 1 aliphatic heterocycles. The summed E-state index contributed by atoms with van der Waals surface area (Å²) in [5, 5.41) is 2.99. The summed E-state index contributed by atoms with van der Waals surface area (Å²) in [6.45, 7) is 4.43. The van der Waals surface area contributed by atoms with Crippen LogP contribution in [0.15, 0.2) is 22.2 Å². The Labute approximate surface area is 137 Å². The average Bonchev–Trinajstić information content (AvgIpc) is 2.89. The Morgan fingerprint density at radius 1 is 1.48 bits per heavy atom. The van der Waals surface area contributed by atoms with Gasteiger partial charge in [-0.05, 0) is 26.7 Å². The molecule has 1 aliphatic rings. The average molecular weight is 333 g/mol. The molecule has 1 amide bonds. The molecule has 2 aromatic heterocycles. The van der Waals surface area contributed by atoms with E-state index in [1.54, 1.807) is 20.0 Å². The second-order valence-electron chi connectivity index (χ2n) is 5.61. The van der Waals surface area contributed by atoms with E-state index in [2.05, 4.69) is 24.8 Å². The van der Waals surface area contributed by atoms with Gasteiger partial charge in [0.15, 0.2) is 5.16 Å². The van der Waals surface area contributed by atoms with Gasteiger partial charge < -0.3 is 14.9 Å². The van der Waals surface area contributed by atoms with Crippen LogP contribution in [0.5, 0.6) is 0 Å². The van der Waals surface area contributed by atoms with E-state index in [0.29, 0.717) is 10.9 Å². The molecule has 0 aromatic carbocycles. The highest BCUT2D eigenvalue weighted by molar-refractivity contribution is 8.00. The van der Waals surface area contributed by atoms with E-state index in [-0.39, 0.29) is 16.7 Å². The maximum absolute atomic E-state index is 12.4. The SMILES string of the molecule is Cc1cc(=O)[nH]c(S[C@@H](C)C(=O)Nc2cnc3n2CCCC3)n1. The number of anilines is 1. The standard InChI is InChI=1S/C15H19N5O2S/c1-9-7-13(21)19-15(17-9)23-10(2)14(22)18-12-8-16-11-5-3-4-6-20(11)12/h7-8,10H,3-6H2,1-2H3,(H,18,22)(H,17,19,21)/t10-/m0/s1. The molecule has 23 heavy (non-hydrogen) atoms. The number of thioether (sulfide) groups is 1. The Kier molecular flexibility index (Phi) is 4.51. The lowest BCUT2D eigenvalue weighted by molar-refractivity contribution is -0.115. The third-order valence-corrected chi connectivity index (χ3v) is 4.71. The zero-order chi connectivity index (χ0) is 16.4. The highest BCUT2D eigenvalue weighted by Crippen LogP contribution is 2.22. The fraction of sp³-hybridized carbons (Fsp3) is 0.467. The van der Waals surface area contributed by atoms with Gasteiger partial charge in [0.2, 0.25) is 5.91 Å². The molecule has 0 unspecified atom stereocenters. The number of aromatic nitrogens is 4. The second-order valence-corrected chi connectivity index (χ2v) is 6.94. The summed E-state index contributed by atoms with van der Waals surface area (Å²) in [5.41, 5.74) is 0.422. The molecule has 0 aliphatic carbocycles. The van der Waals surface area contributed by atoms with Gasteiger partial charge in [-0.15, -0.1) is 0 Å². The van der Waals surface area contributed by atoms with Crippen molar-refractivity contribution in [2.75, 3.05) is 5.32 Å². The van der Waals surface area contributed by atoms with E-state index in [1.165, 1.54) is 17.8 Å². The number of hydrogen-bond acceptors (Lipinski definition) is 5. The largest absolute Gasteiger partial charge is 0.315 e. The lowest BCUT2D eigenvalue weighted by atomic mass is 10.2. The third-order valence-electron chi connectivity index (χ3n) is 3.73. The first kappa shape index (κ1) is 15.8. The first-order valence-corrected chi connectivity index (χ1v) is 8.51. The zero-order valence-electron chi connectivity index (χ0n) is 13.1. The summed E-state index contributed by atoms with van der Waals surface area (Å²) in [4.78, 5) is 35.1. The first-order chi connectivity index (χ1) is 11.0. The molecule has 8 heteroatoms. The Bertz CT molecular complexity index is 782. The summed E-state index contributed by atoms with van der Waals surface area (Å²) in [6.07, 6.45) is 4.91. The maximum Gasteiger partial charge on any atom is 0.251 e. The minimum Gasteiger partial charge on any atom is -0.315 e. The van der Waals surface area contributed by atoms with Crippen molar-refractivity contribution in [2.24, 2.45) is 0 Å². The van der Waals surface area contributed by atoms with E-state index in [9.17, 15) is 9.59 Å². The highest BCUT2D eigenvalue weighted by atomic mass is 32.2. The minimum absolute atomic E-state index is 0.132. The van der Waals surface area contributed by atoms with Crippen molar-refractivity contribution in [3.8, 4) is 0 Å². The van der Waals surface area contributed by atoms with Gasteiger partial charge in [0.25, 0.3) is 5.56 Å². The minimum atomic E-state index is -0.380. The number of amides is 1. The van der Waals surface area contributed by atoms with Crippen LogP contribution >= 0.6 is 11.8 Å². The summed E-state index contributed by atoms with van der Waals surface area (Å²) < 4.78 is 2.06. The smallest absolute Gasteiger partial charge is 0.251 e. The van der Waals surface area contributed by atoms with Gasteiger partial charge in [0.1, 0.15) is 11.6 Å². The molecule has 2 aromatic rings. The number of fused-ring (bicyclic) bond motifs is 1. The molecule has 2 N–H and O–H groups in total. The molecule has 7 nitrogen and oxygen atoms in total. The number of rotatable bonds is 4. The lowest BCUT2D eigenvalue weighted by Crippen LogP contribution is -2.25. The normalized spacial score (nSPS) is 15.0. The van der Waals surface area contributed by atoms with Gasteiger partial charge in [0, 0.05) is 24.7 Å². The predicted molar refractivity (Wildman–Crippen MR) is 88.7 cm³/mol. The number of nitrogens with one attached hydrogen (secondary N) is 2. The fourth-order valence-corrected chi connectivity index (χ4v) is 3.43. The number of carbonyl (C=O) groups excluding carboxylic acids is 1. The van der Waals surface area contributed by atoms with Gasteiger partial charge in [-0.25, -0.2) is 9.97 Å². The van der Waals surface area contributed by atoms with Crippen LogP contribution in [-0.4, -0.2) is 30.7 Å². The number of nitrogens with zero attached hydrogens (tertiary/aromatic N) is 3. The van der Waals surface area contributed by atoms with Gasteiger partial charge in [-0.3, -0.25) is 9.59 Å². The molecule has 0 saturated carbocycles. The van der Waals surface area contributed by atoms with Crippen LogP contribution in [0.1, 0.15) is 31.3 Å². The first-order valence-electron chi connectivity index (χ1n) is 7.63. The molecule has 1 atom stereocenters. The quantitative estimate of drug-likeness (QED) is 0.656. The topological polar surface area (TPSA) is 92.7 Å². The van der Waals surface area contributed by atoms with Gasteiger partial charge in [0.05, 0.1) is 11.4 Å². The Morgan fingerprint density at radius 2 is 2.30 bits per heavy atom. The van der Waals surface area contributed by atoms with E-state index >= 15 is 0 Å². The van der Waals surface area contributed by atoms with Crippen molar-refractivity contribution in [1.82, 2.24) is 19.5 Å². The number of imidazole rings is 1. The van der Waals surface area contributed by atoms with Crippen molar-refractivity contribution in [3.63, 3.8) is 0 Å². The van der Waals surface area contributed by atoms with Crippen LogP contribution in [0, 0.1) is 6.92 Å². The van der Waals surface area contributed by atoms with E-state index in [0.717, 1.165) is 37.4 Å². The summed E-state index contributed by atoms with van der Waals surface area (Å²) in [5.74, 6) is 1.63. The molecule has 3 heterocycles. The van der Waals surface area contributed by atoms with Crippen LogP contribution in [0.4, 0.5) is 5.82 Å². The van der Waals surface area contributed by atoms with Crippen molar-refractivity contribution >= 4 is 23.5 Å². The van der Waals surface area contributed by atoms with Crippen molar-refractivity contribution in [2.45, 2.75) is 50.1 Å². The second kappa shape index (κ2) is 6.57. The highest BCUT2D eigenvalue weighted by Gasteiger charge is 2.20. The number of hydrogen-bond donors (Lipinski definition) is 2. The molecule has 0 fully saturated rings. The fourth-order valence-electron chi connectivity index (χ4n) is 2.57. The van der Waals surface area contributed by atoms with Crippen LogP contribution in [0.2, 0.25) is 0 Å². The van der Waals surface area contributed by atoms with Crippen LogP contribution in [0.25, 0.3) is 0 Å².